The third-order valence-electron chi connectivity index (χ3n) is 2.63. The van der Waals surface area contributed by atoms with E-state index in [4.69, 9.17) is 0 Å². The largest absolute Gasteiger partial charge is 0.362 e. The van der Waals surface area contributed by atoms with Gasteiger partial charge in [0, 0.05) is 18.8 Å². The van der Waals surface area contributed by atoms with Crippen LogP contribution in [0.25, 0.3) is 0 Å². The molecule has 3 nitrogen and oxygen atoms in total. The molecule has 0 spiro atoms. The lowest BCUT2D eigenvalue weighted by molar-refractivity contribution is -0.119. The molecule has 1 aromatic carbocycles. The van der Waals surface area contributed by atoms with Crippen LogP contribution in [0.2, 0.25) is 0 Å². The van der Waals surface area contributed by atoms with Gasteiger partial charge in [-0.15, -0.1) is 0 Å². The summed E-state index contributed by atoms with van der Waals surface area (Å²) in [5, 5.41) is 2.88. The monoisotopic (exact) mass is 204 g/mol. The quantitative estimate of drug-likeness (QED) is 0.748. The first-order chi connectivity index (χ1) is 7.25. The number of anilines is 1. The van der Waals surface area contributed by atoms with Gasteiger partial charge in [-0.05, 0) is 31.0 Å². The number of hydrogen-bond acceptors (Lipinski definition) is 2. The fraction of sp³-hybridized carbons (Fsp3) is 0.417. The summed E-state index contributed by atoms with van der Waals surface area (Å²) >= 11 is 0. The molecule has 15 heavy (non-hydrogen) atoms. The fourth-order valence-electron chi connectivity index (χ4n) is 1.85. The summed E-state index contributed by atoms with van der Waals surface area (Å²) in [6.45, 7) is 4.29. The first-order valence-electron chi connectivity index (χ1n) is 5.34. The van der Waals surface area contributed by atoms with E-state index >= 15 is 0 Å². The van der Waals surface area contributed by atoms with Crippen LogP contribution < -0.4 is 10.2 Å². The maximum Gasteiger partial charge on any atom is 0.239 e. The molecular formula is C12H16N2O. The third-order valence-corrected chi connectivity index (χ3v) is 2.63. The second-order valence-corrected chi connectivity index (χ2v) is 3.96. The number of rotatable bonds is 1. The molecule has 1 N–H and O–H groups in total. The highest BCUT2D eigenvalue weighted by Crippen LogP contribution is 2.16. The van der Waals surface area contributed by atoms with E-state index in [1.54, 1.807) is 0 Å². The summed E-state index contributed by atoms with van der Waals surface area (Å²) in [6, 6.07) is 8.29. The van der Waals surface area contributed by atoms with Crippen LogP contribution in [0, 0.1) is 6.92 Å². The van der Waals surface area contributed by atoms with Gasteiger partial charge in [0.2, 0.25) is 5.91 Å². The predicted molar refractivity (Wildman–Crippen MR) is 61.0 cm³/mol. The molecule has 0 atom stereocenters. The van der Waals surface area contributed by atoms with Crippen LogP contribution in [-0.4, -0.2) is 25.5 Å². The molecule has 3 heteroatoms. The molecule has 0 saturated carbocycles. The Balaban J connectivity index is 2.18. The zero-order valence-corrected chi connectivity index (χ0v) is 8.99. The van der Waals surface area contributed by atoms with Crippen LogP contribution in [0.1, 0.15) is 12.0 Å². The van der Waals surface area contributed by atoms with E-state index in [9.17, 15) is 4.79 Å². The minimum atomic E-state index is 0.119. The van der Waals surface area contributed by atoms with E-state index < -0.39 is 0 Å². The van der Waals surface area contributed by atoms with E-state index in [1.807, 2.05) is 6.07 Å². The maximum absolute atomic E-state index is 11.4. The minimum Gasteiger partial charge on any atom is -0.362 e. The molecule has 0 aliphatic carbocycles. The molecule has 0 radical (unpaired) electrons. The molecule has 0 bridgehead atoms. The average Bonchev–Trinajstić information content (AvgIpc) is 2.43. The summed E-state index contributed by atoms with van der Waals surface area (Å²) in [7, 11) is 0. The molecule has 2 rings (SSSR count). The molecule has 1 heterocycles. The second kappa shape index (κ2) is 4.34. The predicted octanol–water partition coefficient (Wildman–Crippen LogP) is 1.32. The molecular weight excluding hydrogens is 188 g/mol. The van der Waals surface area contributed by atoms with E-state index in [0.29, 0.717) is 6.54 Å². The van der Waals surface area contributed by atoms with Gasteiger partial charge in [0.25, 0.3) is 0 Å². The van der Waals surface area contributed by atoms with Crippen LogP contribution >= 0.6 is 0 Å². The van der Waals surface area contributed by atoms with Crippen molar-refractivity contribution in [2.45, 2.75) is 13.3 Å². The van der Waals surface area contributed by atoms with Crippen molar-refractivity contribution in [2.24, 2.45) is 0 Å². The van der Waals surface area contributed by atoms with Gasteiger partial charge in [-0.2, -0.15) is 0 Å². The topological polar surface area (TPSA) is 32.3 Å². The van der Waals surface area contributed by atoms with Crippen molar-refractivity contribution in [3.63, 3.8) is 0 Å². The number of nitrogens with one attached hydrogen (secondary N) is 1. The molecule has 0 unspecified atom stereocenters. The summed E-state index contributed by atoms with van der Waals surface area (Å²) in [6.07, 6.45) is 1.01. The van der Waals surface area contributed by atoms with Gasteiger partial charge in [-0.25, -0.2) is 0 Å². The Hall–Kier alpha value is -1.51. The molecule has 1 saturated heterocycles. The van der Waals surface area contributed by atoms with Crippen LogP contribution in [0.4, 0.5) is 5.69 Å². The van der Waals surface area contributed by atoms with Crippen molar-refractivity contribution < 1.29 is 4.79 Å². The van der Waals surface area contributed by atoms with E-state index in [2.05, 4.69) is 35.3 Å². The summed E-state index contributed by atoms with van der Waals surface area (Å²) < 4.78 is 0. The molecule has 1 aliphatic rings. The first kappa shape index (κ1) is 10.0. The zero-order chi connectivity index (χ0) is 10.7. The van der Waals surface area contributed by atoms with Gasteiger partial charge in [-0.1, -0.05) is 12.1 Å². The number of aryl methyl sites for hydroxylation is 1. The molecule has 1 fully saturated rings. The SMILES string of the molecule is Cc1cccc(N2CCCNC(=O)C2)c1. The smallest absolute Gasteiger partial charge is 0.239 e. The first-order valence-corrected chi connectivity index (χ1v) is 5.34. The highest BCUT2D eigenvalue weighted by Gasteiger charge is 2.14. The molecule has 1 aliphatic heterocycles. The van der Waals surface area contributed by atoms with Gasteiger partial charge in [0.05, 0.1) is 6.54 Å². The van der Waals surface area contributed by atoms with Crippen LogP contribution in [0.15, 0.2) is 24.3 Å². The Morgan fingerprint density at radius 1 is 1.40 bits per heavy atom. The third kappa shape index (κ3) is 2.49. The Kier molecular flexibility index (Phi) is 2.90. The van der Waals surface area contributed by atoms with Crippen LogP contribution in [0.5, 0.6) is 0 Å². The van der Waals surface area contributed by atoms with Crippen molar-refractivity contribution in [2.75, 3.05) is 24.5 Å². The minimum absolute atomic E-state index is 0.119. The average molecular weight is 204 g/mol. The number of amides is 1. The standard InChI is InChI=1S/C12H16N2O/c1-10-4-2-5-11(8-10)14-7-3-6-13-12(15)9-14/h2,4-5,8H,3,6-7,9H2,1H3,(H,13,15). The van der Waals surface area contributed by atoms with Gasteiger partial charge in [0.1, 0.15) is 0 Å². The lowest BCUT2D eigenvalue weighted by atomic mass is 10.2. The van der Waals surface area contributed by atoms with Crippen molar-refractivity contribution in [1.29, 1.82) is 0 Å². The Bertz CT molecular complexity index is 362. The van der Waals surface area contributed by atoms with Crippen LogP contribution in [-0.2, 0) is 4.79 Å². The van der Waals surface area contributed by atoms with E-state index in [0.717, 1.165) is 25.2 Å². The number of hydrogen-bond donors (Lipinski definition) is 1. The Morgan fingerprint density at radius 3 is 3.07 bits per heavy atom. The highest BCUT2D eigenvalue weighted by atomic mass is 16.2. The summed E-state index contributed by atoms with van der Waals surface area (Å²) in [5.41, 5.74) is 2.38. The van der Waals surface area contributed by atoms with Gasteiger partial charge in [0.15, 0.2) is 0 Å². The second-order valence-electron chi connectivity index (χ2n) is 3.96. The molecule has 80 valence electrons. The maximum atomic E-state index is 11.4. The van der Waals surface area contributed by atoms with E-state index in [1.165, 1.54) is 5.56 Å². The molecule has 0 aromatic heterocycles. The Morgan fingerprint density at radius 2 is 2.27 bits per heavy atom. The van der Waals surface area contributed by atoms with E-state index in [-0.39, 0.29) is 5.91 Å². The van der Waals surface area contributed by atoms with Crippen molar-refractivity contribution in [1.82, 2.24) is 5.32 Å². The number of carbonyl (C=O) groups excluding carboxylic acids is 1. The Labute approximate surface area is 90.1 Å². The normalized spacial score (nSPS) is 17.1. The van der Waals surface area contributed by atoms with Gasteiger partial charge in [-0.3, -0.25) is 4.79 Å². The lowest BCUT2D eigenvalue weighted by Gasteiger charge is -2.21. The summed E-state index contributed by atoms with van der Waals surface area (Å²) in [4.78, 5) is 13.5. The number of carbonyl (C=O) groups is 1. The molecule has 1 amide bonds. The van der Waals surface area contributed by atoms with Crippen molar-refractivity contribution >= 4 is 11.6 Å². The van der Waals surface area contributed by atoms with Crippen LogP contribution in [0.3, 0.4) is 0 Å². The highest BCUT2D eigenvalue weighted by molar-refractivity contribution is 5.81. The number of benzene rings is 1. The van der Waals surface area contributed by atoms with Gasteiger partial charge >= 0.3 is 0 Å². The lowest BCUT2D eigenvalue weighted by Crippen LogP contribution is -2.32. The van der Waals surface area contributed by atoms with Gasteiger partial charge < -0.3 is 10.2 Å². The fourth-order valence-corrected chi connectivity index (χ4v) is 1.85. The summed E-state index contributed by atoms with van der Waals surface area (Å²) in [5.74, 6) is 0.119. The number of nitrogens with zero attached hydrogens (tertiary/aromatic N) is 1. The van der Waals surface area contributed by atoms with Crippen molar-refractivity contribution in [3.05, 3.63) is 29.8 Å². The van der Waals surface area contributed by atoms with Crippen molar-refractivity contribution in [3.8, 4) is 0 Å². The zero-order valence-electron chi connectivity index (χ0n) is 8.99. The molecule has 1 aromatic rings.